The summed E-state index contributed by atoms with van der Waals surface area (Å²) in [6.45, 7) is 21.1. The van der Waals surface area contributed by atoms with Gasteiger partial charge in [0.15, 0.2) is 0 Å². The molecule has 0 aliphatic carbocycles. The van der Waals surface area contributed by atoms with E-state index in [0.717, 1.165) is 124 Å². The molecule has 0 spiro atoms. The summed E-state index contributed by atoms with van der Waals surface area (Å²) in [5, 5.41) is 2.38. The first-order valence-corrected chi connectivity index (χ1v) is 39.2. The van der Waals surface area contributed by atoms with Gasteiger partial charge in [0.25, 0.3) is 6.71 Å². The zero-order chi connectivity index (χ0) is 75.4. The molecule has 0 N–H and O–H groups in total. The van der Waals surface area contributed by atoms with Crippen molar-refractivity contribution in [2.45, 2.75) is 78.6 Å². The van der Waals surface area contributed by atoms with Gasteiger partial charge in [-0.1, -0.05) is 353 Å². The van der Waals surface area contributed by atoms with E-state index in [2.05, 4.69) is 445 Å². The molecule has 15 aromatic carbocycles. The molecule has 17 aromatic rings. The van der Waals surface area contributed by atoms with Crippen LogP contribution in [-0.4, -0.2) is 15.8 Å². The largest absolute Gasteiger partial charge is 0.310 e. The van der Waals surface area contributed by atoms with E-state index < -0.39 is 0 Å². The summed E-state index contributed by atoms with van der Waals surface area (Å²) in [5.41, 5.74) is 36.3. The first-order valence-electron chi connectivity index (χ1n) is 39.2. The number of para-hydroxylation sites is 2. The molecule has 0 unspecified atom stereocenters. The molecule has 4 heterocycles. The molecular weight excluding hydrogens is 1340 g/mol. The summed E-state index contributed by atoms with van der Waals surface area (Å²) in [7, 11) is 0. The number of hydrogen-bond acceptors (Lipinski definition) is 2. The molecule has 534 valence electrons. The minimum atomic E-state index is -0.366. The lowest BCUT2D eigenvalue weighted by molar-refractivity contribution is 0.590. The fraction of sp³-hybridized carbons (Fsp3) is 0.113. The summed E-state index contributed by atoms with van der Waals surface area (Å²) >= 11 is 0. The second kappa shape index (κ2) is 27.0. The minimum Gasteiger partial charge on any atom is -0.310 e. The maximum Gasteiger partial charge on any atom is 0.252 e. The predicted octanol–water partition coefficient (Wildman–Crippen LogP) is 26.9. The first-order chi connectivity index (χ1) is 54.0. The van der Waals surface area contributed by atoms with Crippen LogP contribution < -0.4 is 26.2 Å². The van der Waals surface area contributed by atoms with Gasteiger partial charge in [-0.15, -0.1) is 0 Å². The van der Waals surface area contributed by atoms with E-state index in [-0.39, 0.29) is 23.0 Å². The summed E-state index contributed by atoms with van der Waals surface area (Å²) < 4.78 is 5.12. The third-order valence-corrected chi connectivity index (χ3v) is 23.1. The highest BCUT2D eigenvalue weighted by atomic mass is 15.2. The molecule has 2 aromatic heterocycles. The molecule has 0 radical (unpaired) electrons. The highest BCUT2D eigenvalue weighted by Crippen LogP contribution is 2.57. The number of nitrogens with zero attached hydrogens (tertiary/aromatic N) is 4. The Kier molecular flexibility index (Phi) is 16.7. The van der Waals surface area contributed by atoms with Crippen LogP contribution in [0.1, 0.15) is 79.0 Å². The van der Waals surface area contributed by atoms with Crippen LogP contribution in [0.5, 0.6) is 0 Å². The average Bonchev–Trinajstić information content (AvgIpc) is 0.967. The van der Waals surface area contributed by atoms with Crippen LogP contribution in [0.15, 0.2) is 364 Å². The topological polar surface area (TPSA) is 16.3 Å². The molecule has 2 aliphatic rings. The summed E-state index contributed by atoms with van der Waals surface area (Å²) in [6, 6.07) is 137. The maximum atomic E-state index is 2.74. The van der Waals surface area contributed by atoms with Crippen molar-refractivity contribution < 1.29 is 0 Å². The van der Waals surface area contributed by atoms with Gasteiger partial charge < -0.3 is 18.9 Å². The number of fused-ring (bicyclic) bond motifs is 6. The van der Waals surface area contributed by atoms with Crippen LogP contribution in [0.4, 0.5) is 34.1 Å². The van der Waals surface area contributed by atoms with E-state index in [1.807, 2.05) is 0 Å². The monoisotopic (exact) mass is 1430 g/mol. The van der Waals surface area contributed by atoms with E-state index in [9.17, 15) is 0 Å². The number of hydrogen-bond donors (Lipinski definition) is 0. The molecule has 0 saturated heterocycles. The van der Waals surface area contributed by atoms with Crippen molar-refractivity contribution in [3.8, 4) is 101 Å². The average molecular weight is 1430 g/mol. The third kappa shape index (κ3) is 11.8. The number of rotatable bonds is 12. The van der Waals surface area contributed by atoms with E-state index >= 15 is 0 Å². The predicted molar refractivity (Wildman–Crippen MR) is 474 cm³/mol. The van der Waals surface area contributed by atoms with Crippen LogP contribution in [0.3, 0.4) is 0 Å². The van der Waals surface area contributed by atoms with Crippen molar-refractivity contribution in [3.63, 3.8) is 0 Å². The van der Waals surface area contributed by atoms with E-state index in [4.69, 9.17) is 0 Å². The van der Waals surface area contributed by atoms with Crippen molar-refractivity contribution in [1.82, 2.24) is 9.13 Å². The Balaban J connectivity index is 1.01. The van der Waals surface area contributed by atoms with Crippen LogP contribution >= 0.6 is 0 Å². The molecule has 111 heavy (non-hydrogen) atoms. The normalized spacial score (nSPS) is 12.7. The Labute approximate surface area is 653 Å². The summed E-state index contributed by atoms with van der Waals surface area (Å²) in [6.07, 6.45) is 0. The van der Waals surface area contributed by atoms with Crippen molar-refractivity contribution in [2.24, 2.45) is 0 Å². The van der Waals surface area contributed by atoms with Crippen molar-refractivity contribution >= 4 is 79.0 Å². The minimum absolute atomic E-state index is 0.217. The Bertz CT molecular complexity index is 5900. The smallest absolute Gasteiger partial charge is 0.252 e. The van der Waals surface area contributed by atoms with E-state index in [1.54, 1.807) is 0 Å². The van der Waals surface area contributed by atoms with Crippen LogP contribution in [-0.2, 0) is 16.2 Å². The summed E-state index contributed by atoms with van der Waals surface area (Å²) in [4.78, 5) is 5.48. The second-order valence-electron chi connectivity index (χ2n) is 33.2. The first kappa shape index (κ1) is 68.6. The Morgan fingerprint density at radius 2 is 0.495 bits per heavy atom. The molecule has 4 nitrogen and oxygen atoms in total. The van der Waals surface area contributed by atoms with Gasteiger partial charge >= 0.3 is 0 Å². The van der Waals surface area contributed by atoms with Gasteiger partial charge in [0.05, 0.1) is 33.8 Å². The molecule has 0 saturated carbocycles. The van der Waals surface area contributed by atoms with Gasteiger partial charge in [-0.3, -0.25) is 0 Å². The maximum absolute atomic E-state index is 2.74. The summed E-state index contributed by atoms with van der Waals surface area (Å²) in [5.74, 6) is 0. The van der Waals surface area contributed by atoms with Crippen molar-refractivity contribution in [2.75, 3.05) is 9.80 Å². The van der Waals surface area contributed by atoms with Gasteiger partial charge in [0.2, 0.25) is 0 Å². The quantitative estimate of drug-likeness (QED) is 0.113. The Morgan fingerprint density at radius 1 is 0.234 bits per heavy atom. The van der Waals surface area contributed by atoms with Crippen molar-refractivity contribution in [1.29, 1.82) is 0 Å². The third-order valence-electron chi connectivity index (χ3n) is 23.1. The molecule has 5 heteroatoms. The molecule has 2 aliphatic heterocycles. The molecule has 0 fully saturated rings. The van der Waals surface area contributed by atoms with Gasteiger partial charge in [0, 0.05) is 78.3 Å². The van der Waals surface area contributed by atoms with Crippen molar-refractivity contribution in [3.05, 3.63) is 381 Å². The van der Waals surface area contributed by atoms with Crippen LogP contribution in [0.2, 0.25) is 0 Å². The number of anilines is 6. The highest BCUT2D eigenvalue weighted by molar-refractivity contribution is 7.00. The standard InChI is InChI=1S/C106H87BN4/c1-104(2,3)78-62-85(70-38-18-10-19-39-70)102(86(63-78)71-40-20-11-21-41-71)110-93-68-81(108-91-56-36-34-54-83(91)97(74-46-26-14-27-47-74)100(108)76-50-30-16-31-51-76)58-60-89(93)107-90-61-59-82(109-92-57-37-35-55-84(92)98(75-48-28-15-29-49-75)101(109)77-52-32-17-33-53-77)69-94(90)111(96-67-80(106(7,8)9)66-95(110)99(96)107)103-87(72-42-22-12-23-43-72)64-79(105(4,5)6)65-88(103)73-44-24-13-25-45-73/h10-69H,1-9H3. The lowest BCUT2D eigenvalue weighted by Gasteiger charge is -2.47. The molecule has 0 amide bonds. The molecule has 0 bridgehead atoms. The van der Waals surface area contributed by atoms with Crippen LogP contribution in [0.25, 0.3) is 122 Å². The highest BCUT2D eigenvalue weighted by Gasteiger charge is 2.47. The molecule has 0 atom stereocenters. The number of aromatic nitrogens is 2. The number of benzene rings is 15. The zero-order valence-corrected chi connectivity index (χ0v) is 64.5. The van der Waals surface area contributed by atoms with Gasteiger partial charge in [-0.05, 0) is 167 Å². The Hall–Kier alpha value is -13.0. The van der Waals surface area contributed by atoms with E-state index in [1.165, 1.54) is 66.1 Å². The lowest BCUT2D eigenvalue weighted by Crippen LogP contribution is -2.61. The molecule has 19 rings (SSSR count). The molecular formula is C106H87BN4. The Morgan fingerprint density at radius 3 is 0.793 bits per heavy atom. The lowest BCUT2D eigenvalue weighted by atomic mass is 9.33. The fourth-order valence-electron chi connectivity index (χ4n) is 17.7. The van der Waals surface area contributed by atoms with E-state index in [0.29, 0.717) is 0 Å². The van der Waals surface area contributed by atoms with Gasteiger partial charge in [-0.2, -0.15) is 0 Å². The SMILES string of the molecule is CC(C)(C)c1cc(-c2ccccc2)c(N2c3cc(-n4c(-c5ccccc5)c(-c5ccccc5)c5ccccc54)ccc3B3c4ccc(-n5c(-c6ccccc6)c(-c6ccccc6)c6ccccc65)cc4N(c4c(-c5ccccc5)cc(C(C)(C)C)cc4-c4ccccc4)c4cc(C(C)(C)C)cc2c43)c(-c2ccccc2)c1. The van der Waals surface area contributed by atoms with Gasteiger partial charge in [-0.25, -0.2) is 0 Å². The zero-order valence-electron chi connectivity index (χ0n) is 64.5. The second-order valence-corrected chi connectivity index (χ2v) is 33.2. The fourth-order valence-corrected chi connectivity index (χ4v) is 17.7. The van der Waals surface area contributed by atoms with Gasteiger partial charge in [0.1, 0.15) is 0 Å². The van der Waals surface area contributed by atoms with Crippen LogP contribution in [0, 0.1) is 0 Å².